The molecule has 0 aliphatic rings. The van der Waals surface area contributed by atoms with Gasteiger partial charge in [0.15, 0.2) is 0 Å². The smallest absolute Gasteiger partial charge is 0.305 e. The zero-order valence-electron chi connectivity index (χ0n) is 10.6. The molecule has 0 aliphatic carbocycles. The van der Waals surface area contributed by atoms with Crippen LogP contribution in [0.2, 0.25) is 0 Å². The molecule has 0 saturated heterocycles. The number of hydrogen-bond acceptors (Lipinski definition) is 4. The summed E-state index contributed by atoms with van der Waals surface area (Å²) in [4.78, 5) is 15.6. The van der Waals surface area contributed by atoms with Gasteiger partial charge >= 0.3 is 5.97 Å². The summed E-state index contributed by atoms with van der Waals surface area (Å²) in [7, 11) is 1.40. The topological polar surface area (TPSA) is 39.2 Å². The molecule has 0 radical (unpaired) electrons. The van der Waals surface area contributed by atoms with E-state index in [1.807, 2.05) is 23.6 Å². The van der Waals surface area contributed by atoms with Gasteiger partial charge in [-0.15, -0.1) is 11.3 Å². The van der Waals surface area contributed by atoms with Gasteiger partial charge < -0.3 is 4.74 Å². The van der Waals surface area contributed by atoms with Crippen LogP contribution >= 0.6 is 27.3 Å². The van der Waals surface area contributed by atoms with Crippen molar-refractivity contribution in [3.63, 3.8) is 0 Å². The Kier molecular flexibility index (Phi) is 5.10. The van der Waals surface area contributed by atoms with E-state index in [0.717, 1.165) is 21.6 Å². The molecule has 0 fully saturated rings. The average molecular weight is 340 g/mol. The Balaban J connectivity index is 1.98. The molecule has 2 aromatic rings. The van der Waals surface area contributed by atoms with Crippen LogP contribution in [-0.2, 0) is 22.4 Å². The molecule has 2 rings (SSSR count). The summed E-state index contributed by atoms with van der Waals surface area (Å²) in [6, 6.07) is 8.13. The Morgan fingerprint density at radius 1 is 1.42 bits per heavy atom. The van der Waals surface area contributed by atoms with Gasteiger partial charge in [-0.25, -0.2) is 4.98 Å². The van der Waals surface area contributed by atoms with E-state index in [0.29, 0.717) is 12.8 Å². The SMILES string of the molecule is COC(=O)CCc1csc(Cc2ccccc2Br)n1. The van der Waals surface area contributed by atoms with Crippen molar-refractivity contribution in [2.45, 2.75) is 19.3 Å². The number of esters is 1. The molecule has 1 aromatic carbocycles. The highest BCUT2D eigenvalue weighted by Gasteiger charge is 2.07. The molecule has 0 amide bonds. The van der Waals surface area contributed by atoms with Crippen molar-refractivity contribution in [3.8, 4) is 0 Å². The van der Waals surface area contributed by atoms with E-state index in [1.54, 1.807) is 11.3 Å². The number of carbonyl (C=O) groups excluding carboxylic acids is 1. The maximum absolute atomic E-state index is 11.1. The minimum absolute atomic E-state index is 0.194. The molecule has 0 aliphatic heterocycles. The number of hydrogen-bond donors (Lipinski definition) is 0. The van der Waals surface area contributed by atoms with Crippen molar-refractivity contribution >= 4 is 33.2 Å². The first kappa shape index (κ1) is 14.2. The summed E-state index contributed by atoms with van der Waals surface area (Å²) in [6.07, 6.45) is 1.83. The molecule has 5 heteroatoms. The second kappa shape index (κ2) is 6.82. The third kappa shape index (κ3) is 4.14. The number of thiazole rings is 1. The van der Waals surface area contributed by atoms with Crippen LogP contribution in [0.25, 0.3) is 0 Å². The largest absolute Gasteiger partial charge is 0.469 e. The Labute approximate surface area is 124 Å². The fraction of sp³-hybridized carbons (Fsp3) is 0.286. The summed E-state index contributed by atoms with van der Waals surface area (Å²) in [5.74, 6) is -0.194. The zero-order valence-corrected chi connectivity index (χ0v) is 13.0. The van der Waals surface area contributed by atoms with Crippen molar-refractivity contribution in [2.24, 2.45) is 0 Å². The van der Waals surface area contributed by atoms with Crippen molar-refractivity contribution in [2.75, 3.05) is 7.11 Å². The Morgan fingerprint density at radius 2 is 2.21 bits per heavy atom. The lowest BCUT2D eigenvalue weighted by atomic mass is 10.2. The normalized spacial score (nSPS) is 10.4. The Morgan fingerprint density at radius 3 is 2.95 bits per heavy atom. The van der Waals surface area contributed by atoms with E-state index >= 15 is 0 Å². The first-order chi connectivity index (χ1) is 9.19. The standard InChI is InChI=1S/C14H14BrNO2S/c1-18-14(17)7-6-11-9-19-13(16-11)8-10-4-2-3-5-12(10)15/h2-5,9H,6-8H2,1H3. The highest BCUT2D eigenvalue weighted by atomic mass is 79.9. The lowest BCUT2D eigenvalue weighted by Crippen LogP contribution is -2.02. The van der Waals surface area contributed by atoms with Gasteiger partial charge in [0, 0.05) is 22.7 Å². The third-order valence-electron chi connectivity index (χ3n) is 2.71. The summed E-state index contributed by atoms with van der Waals surface area (Å²) in [6.45, 7) is 0. The van der Waals surface area contributed by atoms with Gasteiger partial charge in [0.2, 0.25) is 0 Å². The molecule has 0 atom stereocenters. The summed E-state index contributed by atoms with van der Waals surface area (Å²) in [5, 5.41) is 3.07. The number of benzene rings is 1. The number of rotatable bonds is 5. The van der Waals surface area contributed by atoms with Crippen molar-refractivity contribution < 1.29 is 9.53 Å². The molecule has 1 heterocycles. The van der Waals surface area contributed by atoms with E-state index in [1.165, 1.54) is 12.7 Å². The average Bonchev–Trinajstić information content (AvgIpc) is 2.86. The second-order valence-electron chi connectivity index (χ2n) is 4.08. The first-order valence-corrected chi connectivity index (χ1v) is 7.60. The second-order valence-corrected chi connectivity index (χ2v) is 5.87. The minimum Gasteiger partial charge on any atom is -0.469 e. The van der Waals surface area contributed by atoms with Gasteiger partial charge in [0.25, 0.3) is 0 Å². The van der Waals surface area contributed by atoms with Crippen molar-refractivity contribution in [1.29, 1.82) is 0 Å². The maximum atomic E-state index is 11.1. The monoisotopic (exact) mass is 339 g/mol. The van der Waals surface area contributed by atoms with E-state index in [4.69, 9.17) is 0 Å². The highest BCUT2D eigenvalue weighted by Crippen LogP contribution is 2.21. The molecule has 0 saturated carbocycles. The van der Waals surface area contributed by atoms with Crippen LogP contribution in [0.15, 0.2) is 34.1 Å². The number of carbonyl (C=O) groups is 1. The molecular formula is C14H14BrNO2S. The minimum atomic E-state index is -0.194. The number of ether oxygens (including phenoxy) is 1. The molecule has 0 unspecified atom stereocenters. The maximum Gasteiger partial charge on any atom is 0.305 e. The fourth-order valence-electron chi connectivity index (χ4n) is 1.68. The number of methoxy groups -OCH3 is 1. The lowest BCUT2D eigenvalue weighted by Gasteiger charge is -2.00. The van der Waals surface area contributed by atoms with E-state index in [-0.39, 0.29) is 5.97 Å². The Hall–Kier alpha value is -1.20. The molecular weight excluding hydrogens is 326 g/mol. The van der Waals surface area contributed by atoms with Crippen molar-refractivity contribution in [1.82, 2.24) is 4.98 Å². The molecule has 19 heavy (non-hydrogen) atoms. The van der Waals surface area contributed by atoms with Gasteiger partial charge in [-0.05, 0) is 11.6 Å². The highest BCUT2D eigenvalue weighted by molar-refractivity contribution is 9.10. The predicted octanol–water partition coefficient (Wildman–Crippen LogP) is 3.60. The van der Waals surface area contributed by atoms with E-state index < -0.39 is 0 Å². The number of nitrogens with zero attached hydrogens (tertiary/aromatic N) is 1. The van der Waals surface area contributed by atoms with E-state index in [2.05, 4.69) is 31.7 Å². The van der Waals surface area contributed by atoms with Crippen molar-refractivity contribution in [3.05, 3.63) is 50.4 Å². The Bertz CT molecular complexity index is 568. The van der Waals surface area contributed by atoms with Crippen LogP contribution in [0.3, 0.4) is 0 Å². The van der Waals surface area contributed by atoms with Gasteiger partial charge in [0.05, 0.1) is 24.2 Å². The van der Waals surface area contributed by atoms with Crippen LogP contribution in [0.1, 0.15) is 22.7 Å². The zero-order chi connectivity index (χ0) is 13.7. The fourth-order valence-corrected chi connectivity index (χ4v) is 2.96. The van der Waals surface area contributed by atoms with Crippen LogP contribution in [0.5, 0.6) is 0 Å². The van der Waals surface area contributed by atoms with Gasteiger partial charge in [-0.3, -0.25) is 4.79 Å². The summed E-state index contributed by atoms with van der Waals surface area (Å²) < 4.78 is 5.72. The van der Waals surface area contributed by atoms with Crippen LogP contribution in [0.4, 0.5) is 0 Å². The number of halogens is 1. The lowest BCUT2D eigenvalue weighted by molar-refractivity contribution is -0.140. The molecule has 3 nitrogen and oxygen atoms in total. The van der Waals surface area contributed by atoms with E-state index in [9.17, 15) is 4.79 Å². The molecule has 0 bridgehead atoms. The molecule has 100 valence electrons. The molecule has 1 aromatic heterocycles. The molecule has 0 N–H and O–H groups in total. The quantitative estimate of drug-likeness (QED) is 0.781. The van der Waals surface area contributed by atoms with Crippen LogP contribution in [-0.4, -0.2) is 18.1 Å². The van der Waals surface area contributed by atoms with Gasteiger partial charge in [-0.1, -0.05) is 34.1 Å². The first-order valence-electron chi connectivity index (χ1n) is 5.92. The molecule has 0 spiro atoms. The number of aryl methyl sites for hydroxylation is 1. The van der Waals surface area contributed by atoms with Gasteiger partial charge in [0.1, 0.15) is 0 Å². The summed E-state index contributed by atoms with van der Waals surface area (Å²) in [5.41, 5.74) is 2.17. The predicted molar refractivity (Wildman–Crippen MR) is 79.4 cm³/mol. The summed E-state index contributed by atoms with van der Waals surface area (Å²) >= 11 is 5.16. The number of aromatic nitrogens is 1. The van der Waals surface area contributed by atoms with Crippen LogP contribution in [0, 0.1) is 0 Å². The van der Waals surface area contributed by atoms with Crippen LogP contribution < -0.4 is 0 Å². The van der Waals surface area contributed by atoms with Gasteiger partial charge in [-0.2, -0.15) is 0 Å². The third-order valence-corrected chi connectivity index (χ3v) is 4.38.